The van der Waals surface area contributed by atoms with Crippen molar-refractivity contribution in [2.24, 2.45) is 5.92 Å². The van der Waals surface area contributed by atoms with Crippen LogP contribution in [0.2, 0.25) is 0 Å². The second kappa shape index (κ2) is 4.09. The molecular weight excluding hydrogens is 128 g/mol. The third-order valence-electron chi connectivity index (χ3n) is 1.09. The molecule has 0 rings (SSSR count). The Labute approximate surface area is 61.9 Å². The zero-order valence-electron chi connectivity index (χ0n) is 6.97. The number of esters is 1. The Morgan fingerprint density at radius 2 is 2.00 bits per heavy atom. The van der Waals surface area contributed by atoms with Crippen molar-refractivity contribution in [2.75, 3.05) is 7.11 Å². The molecule has 0 aliphatic heterocycles. The molecule has 0 radical (unpaired) electrons. The highest BCUT2D eigenvalue weighted by Crippen LogP contribution is 2.02. The third-order valence-corrected chi connectivity index (χ3v) is 1.09. The summed E-state index contributed by atoms with van der Waals surface area (Å²) < 4.78 is 4.51. The Kier molecular flexibility index (Phi) is 3.77. The summed E-state index contributed by atoms with van der Waals surface area (Å²) in [6, 6.07) is 0. The average molecular weight is 142 g/mol. The van der Waals surface area contributed by atoms with E-state index in [9.17, 15) is 4.79 Å². The van der Waals surface area contributed by atoms with E-state index in [2.05, 4.69) is 4.74 Å². The fourth-order valence-electron chi connectivity index (χ4n) is 0.729. The number of carbonyl (C=O) groups is 1. The molecule has 0 spiro atoms. The molecule has 0 aromatic heterocycles. The number of methoxy groups -OCH3 is 1. The van der Waals surface area contributed by atoms with Crippen LogP contribution in [-0.2, 0) is 9.53 Å². The van der Waals surface area contributed by atoms with E-state index in [-0.39, 0.29) is 5.97 Å². The molecule has 0 saturated carbocycles. The largest absolute Gasteiger partial charge is 0.466 e. The lowest BCUT2D eigenvalue weighted by atomic mass is 10.1. The molecule has 2 nitrogen and oxygen atoms in total. The standard InChI is InChI=1S/C8H14O2/c1-6(2)5-7(3)8(9)10-4/h5-6H,1-4H3/b7-5+. The van der Waals surface area contributed by atoms with Gasteiger partial charge >= 0.3 is 5.97 Å². The van der Waals surface area contributed by atoms with E-state index in [1.807, 2.05) is 19.9 Å². The van der Waals surface area contributed by atoms with Gasteiger partial charge in [0, 0.05) is 5.57 Å². The SMILES string of the molecule is COC(=O)/C(C)=C/C(C)C. The fourth-order valence-corrected chi connectivity index (χ4v) is 0.729. The molecule has 2 heteroatoms. The number of hydrogen-bond donors (Lipinski definition) is 0. The summed E-state index contributed by atoms with van der Waals surface area (Å²) in [7, 11) is 1.39. The second-order valence-corrected chi connectivity index (χ2v) is 2.59. The highest BCUT2D eigenvalue weighted by molar-refractivity contribution is 5.87. The Bertz CT molecular complexity index is 145. The van der Waals surface area contributed by atoms with Crippen LogP contribution >= 0.6 is 0 Å². The quantitative estimate of drug-likeness (QED) is 0.434. The maximum absolute atomic E-state index is 10.8. The number of allylic oxidation sites excluding steroid dienone is 1. The van der Waals surface area contributed by atoms with Crippen LogP contribution in [0.3, 0.4) is 0 Å². The summed E-state index contributed by atoms with van der Waals surface area (Å²) in [5.74, 6) is 0.160. The molecule has 0 fully saturated rings. The highest BCUT2D eigenvalue weighted by atomic mass is 16.5. The van der Waals surface area contributed by atoms with Gasteiger partial charge in [0.05, 0.1) is 7.11 Å². The topological polar surface area (TPSA) is 26.3 Å². The summed E-state index contributed by atoms with van der Waals surface area (Å²) in [4.78, 5) is 10.8. The van der Waals surface area contributed by atoms with Gasteiger partial charge in [-0.2, -0.15) is 0 Å². The van der Waals surface area contributed by atoms with Gasteiger partial charge in [-0.05, 0) is 12.8 Å². The van der Waals surface area contributed by atoms with Gasteiger partial charge < -0.3 is 4.74 Å². The summed E-state index contributed by atoms with van der Waals surface area (Å²) in [6.45, 7) is 5.80. The summed E-state index contributed by atoms with van der Waals surface area (Å²) in [6.07, 6.45) is 1.88. The lowest BCUT2D eigenvalue weighted by Crippen LogP contribution is -2.02. The predicted molar refractivity (Wildman–Crippen MR) is 40.6 cm³/mol. The van der Waals surface area contributed by atoms with Crippen molar-refractivity contribution in [1.29, 1.82) is 0 Å². The molecule has 0 unspecified atom stereocenters. The van der Waals surface area contributed by atoms with E-state index < -0.39 is 0 Å². The fraction of sp³-hybridized carbons (Fsp3) is 0.625. The minimum absolute atomic E-state index is 0.242. The van der Waals surface area contributed by atoms with Crippen molar-refractivity contribution in [3.8, 4) is 0 Å². The molecule has 0 amide bonds. The van der Waals surface area contributed by atoms with Crippen LogP contribution < -0.4 is 0 Å². The molecule has 0 aliphatic rings. The number of ether oxygens (including phenoxy) is 1. The van der Waals surface area contributed by atoms with Crippen LogP contribution in [0.4, 0.5) is 0 Å². The number of rotatable bonds is 2. The molecule has 0 aliphatic carbocycles. The smallest absolute Gasteiger partial charge is 0.333 e. The first kappa shape index (κ1) is 9.21. The van der Waals surface area contributed by atoms with E-state index in [0.29, 0.717) is 11.5 Å². The lowest BCUT2D eigenvalue weighted by Gasteiger charge is -1.99. The zero-order valence-corrected chi connectivity index (χ0v) is 6.97. The van der Waals surface area contributed by atoms with Crippen LogP contribution in [0.1, 0.15) is 20.8 Å². The molecular formula is C8H14O2. The monoisotopic (exact) mass is 142 g/mol. The first-order valence-electron chi connectivity index (χ1n) is 3.34. The van der Waals surface area contributed by atoms with E-state index in [4.69, 9.17) is 0 Å². The van der Waals surface area contributed by atoms with Gasteiger partial charge in [-0.15, -0.1) is 0 Å². The van der Waals surface area contributed by atoms with Crippen LogP contribution in [0.5, 0.6) is 0 Å². The Morgan fingerprint density at radius 3 is 2.30 bits per heavy atom. The summed E-state index contributed by atoms with van der Waals surface area (Å²) in [5.41, 5.74) is 0.678. The second-order valence-electron chi connectivity index (χ2n) is 2.59. The van der Waals surface area contributed by atoms with Crippen LogP contribution in [0.25, 0.3) is 0 Å². The van der Waals surface area contributed by atoms with Gasteiger partial charge in [0.25, 0.3) is 0 Å². The van der Waals surface area contributed by atoms with Crippen LogP contribution in [-0.4, -0.2) is 13.1 Å². The Balaban J connectivity index is 4.05. The first-order valence-corrected chi connectivity index (χ1v) is 3.34. The van der Waals surface area contributed by atoms with Gasteiger partial charge in [-0.1, -0.05) is 19.9 Å². The molecule has 0 aromatic carbocycles. The molecule has 0 N–H and O–H groups in total. The maximum Gasteiger partial charge on any atom is 0.333 e. The van der Waals surface area contributed by atoms with Gasteiger partial charge in [-0.3, -0.25) is 0 Å². The first-order chi connectivity index (χ1) is 4.57. The van der Waals surface area contributed by atoms with E-state index in [1.165, 1.54) is 7.11 Å². The van der Waals surface area contributed by atoms with E-state index in [0.717, 1.165) is 0 Å². The van der Waals surface area contributed by atoms with E-state index >= 15 is 0 Å². The lowest BCUT2D eigenvalue weighted by molar-refractivity contribution is -0.136. The Morgan fingerprint density at radius 1 is 1.50 bits per heavy atom. The van der Waals surface area contributed by atoms with Crippen molar-refractivity contribution < 1.29 is 9.53 Å². The van der Waals surface area contributed by atoms with Gasteiger partial charge in [0.2, 0.25) is 0 Å². The molecule has 0 saturated heterocycles. The molecule has 10 heavy (non-hydrogen) atoms. The third kappa shape index (κ3) is 3.28. The molecule has 0 heterocycles. The minimum Gasteiger partial charge on any atom is -0.466 e. The normalized spacial score (nSPS) is 11.9. The van der Waals surface area contributed by atoms with Crippen molar-refractivity contribution in [1.82, 2.24) is 0 Å². The number of carbonyl (C=O) groups excluding carboxylic acids is 1. The van der Waals surface area contributed by atoms with Gasteiger partial charge in [0.1, 0.15) is 0 Å². The predicted octanol–water partition coefficient (Wildman–Crippen LogP) is 1.76. The average Bonchev–Trinajstić information content (AvgIpc) is 1.85. The molecule has 0 aromatic rings. The summed E-state index contributed by atoms with van der Waals surface area (Å²) in [5, 5.41) is 0. The Hall–Kier alpha value is -0.790. The van der Waals surface area contributed by atoms with Crippen molar-refractivity contribution in [2.45, 2.75) is 20.8 Å². The van der Waals surface area contributed by atoms with Crippen molar-refractivity contribution >= 4 is 5.97 Å². The maximum atomic E-state index is 10.8. The van der Waals surface area contributed by atoms with Gasteiger partial charge in [-0.25, -0.2) is 4.79 Å². The zero-order chi connectivity index (χ0) is 8.15. The summed E-state index contributed by atoms with van der Waals surface area (Å²) >= 11 is 0. The van der Waals surface area contributed by atoms with Crippen molar-refractivity contribution in [3.05, 3.63) is 11.6 Å². The number of hydrogen-bond acceptors (Lipinski definition) is 2. The van der Waals surface area contributed by atoms with Gasteiger partial charge in [0.15, 0.2) is 0 Å². The molecule has 0 atom stereocenters. The minimum atomic E-state index is -0.242. The molecule has 0 bridgehead atoms. The van der Waals surface area contributed by atoms with Crippen LogP contribution in [0.15, 0.2) is 11.6 Å². The molecule has 58 valence electrons. The highest BCUT2D eigenvalue weighted by Gasteiger charge is 2.02. The van der Waals surface area contributed by atoms with E-state index in [1.54, 1.807) is 6.92 Å². The van der Waals surface area contributed by atoms with Crippen molar-refractivity contribution in [3.63, 3.8) is 0 Å². The van der Waals surface area contributed by atoms with Crippen LogP contribution in [0, 0.1) is 5.92 Å².